The third kappa shape index (κ3) is 4.88. The van der Waals surface area contributed by atoms with E-state index >= 15 is 0 Å². The number of para-hydroxylation sites is 1. The fourth-order valence-electron chi connectivity index (χ4n) is 2.84. The van der Waals surface area contributed by atoms with E-state index in [-0.39, 0.29) is 12.3 Å². The van der Waals surface area contributed by atoms with Gasteiger partial charge >= 0.3 is 0 Å². The molecule has 3 heterocycles. The van der Waals surface area contributed by atoms with Gasteiger partial charge in [-0.15, -0.1) is 10.2 Å². The maximum Gasteiger partial charge on any atom is 0.226 e. The highest BCUT2D eigenvalue weighted by Gasteiger charge is 2.11. The van der Waals surface area contributed by atoms with Crippen molar-refractivity contribution in [2.24, 2.45) is 0 Å². The lowest BCUT2D eigenvalue weighted by molar-refractivity contribution is -0.120. The minimum atomic E-state index is -0.118. The topological polar surface area (TPSA) is 118 Å². The summed E-state index contributed by atoms with van der Waals surface area (Å²) in [7, 11) is 0. The largest absolute Gasteiger partial charge is 0.367 e. The van der Waals surface area contributed by atoms with Gasteiger partial charge in [0.1, 0.15) is 17.3 Å². The first-order chi connectivity index (χ1) is 14.7. The van der Waals surface area contributed by atoms with Crippen LogP contribution in [0.25, 0.3) is 11.0 Å². The Morgan fingerprint density at radius 3 is 2.57 bits per heavy atom. The van der Waals surface area contributed by atoms with Crippen LogP contribution >= 0.6 is 0 Å². The number of fused-ring (bicyclic) bond motifs is 1. The zero-order valence-electron chi connectivity index (χ0n) is 16.4. The number of rotatable bonds is 8. The average Bonchev–Trinajstić information content (AvgIpc) is 3.17. The van der Waals surface area contributed by atoms with Crippen molar-refractivity contribution < 1.29 is 9.32 Å². The first kappa shape index (κ1) is 19.3. The summed E-state index contributed by atoms with van der Waals surface area (Å²) >= 11 is 0. The van der Waals surface area contributed by atoms with Crippen LogP contribution < -0.4 is 16.0 Å². The Morgan fingerprint density at radius 2 is 1.77 bits per heavy atom. The van der Waals surface area contributed by atoms with Gasteiger partial charge in [0.15, 0.2) is 11.4 Å². The van der Waals surface area contributed by atoms with Crippen LogP contribution in [-0.2, 0) is 11.2 Å². The van der Waals surface area contributed by atoms with Gasteiger partial charge in [0.25, 0.3) is 0 Å². The molecule has 9 heteroatoms. The molecule has 0 saturated heterocycles. The van der Waals surface area contributed by atoms with Gasteiger partial charge in [-0.3, -0.25) is 4.79 Å². The van der Waals surface area contributed by atoms with Crippen molar-refractivity contribution in [1.29, 1.82) is 0 Å². The fraction of sp³-hybridized carbons (Fsp3) is 0.190. The normalized spacial score (nSPS) is 10.7. The number of nitrogens with zero attached hydrogens (tertiary/aromatic N) is 4. The van der Waals surface area contributed by atoms with Crippen molar-refractivity contribution in [1.82, 2.24) is 25.7 Å². The van der Waals surface area contributed by atoms with E-state index in [1.165, 1.54) is 0 Å². The van der Waals surface area contributed by atoms with Crippen molar-refractivity contribution in [3.05, 3.63) is 66.0 Å². The van der Waals surface area contributed by atoms with Crippen LogP contribution in [0.2, 0.25) is 0 Å². The van der Waals surface area contributed by atoms with Crippen LogP contribution in [0.5, 0.6) is 0 Å². The summed E-state index contributed by atoms with van der Waals surface area (Å²) in [5.41, 5.74) is 2.40. The summed E-state index contributed by atoms with van der Waals surface area (Å²) in [6.45, 7) is 2.95. The molecule has 0 aliphatic carbocycles. The second-order valence-electron chi connectivity index (χ2n) is 6.73. The summed E-state index contributed by atoms with van der Waals surface area (Å²) in [6.07, 6.45) is 1.95. The van der Waals surface area contributed by atoms with Gasteiger partial charge in [-0.25, -0.2) is 4.98 Å². The molecule has 152 valence electrons. The Balaban J connectivity index is 1.20. The number of amides is 1. The van der Waals surface area contributed by atoms with Crippen LogP contribution in [0.1, 0.15) is 11.3 Å². The van der Waals surface area contributed by atoms with E-state index in [1.54, 1.807) is 6.20 Å². The molecule has 1 amide bonds. The van der Waals surface area contributed by atoms with Crippen molar-refractivity contribution in [3.63, 3.8) is 0 Å². The molecule has 0 aliphatic rings. The lowest BCUT2D eigenvalue weighted by atomic mass is 10.1. The quantitative estimate of drug-likeness (QED) is 0.384. The van der Waals surface area contributed by atoms with Crippen LogP contribution in [0.3, 0.4) is 0 Å². The van der Waals surface area contributed by atoms with E-state index in [2.05, 4.69) is 36.3 Å². The number of benzene rings is 1. The zero-order chi connectivity index (χ0) is 20.8. The molecule has 0 radical (unpaired) electrons. The number of pyridine rings is 1. The Hall–Kier alpha value is -4.01. The monoisotopic (exact) mass is 403 g/mol. The zero-order valence-corrected chi connectivity index (χ0v) is 16.4. The Bertz CT molecular complexity index is 1120. The third-order valence-corrected chi connectivity index (χ3v) is 4.37. The molecule has 4 aromatic rings. The Kier molecular flexibility index (Phi) is 5.79. The average molecular weight is 403 g/mol. The van der Waals surface area contributed by atoms with Crippen LogP contribution in [0, 0.1) is 6.92 Å². The summed E-state index contributed by atoms with van der Waals surface area (Å²) in [6, 6.07) is 15.0. The number of carbonyl (C=O) groups excluding carboxylic acids is 1. The first-order valence-electron chi connectivity index (χ1n) is 9.55. The number of carbonyl (C=O) groups is 1. The molecule has 0 spiro atoms. The minimum absolute atomic E-state index is 0.118. The van der Waals surface area contributed by atoms with Gasteiger partial charge in [-0.1, -0.05) is 23.4 Å². The van der Waals surface area contributed by atoms with E-state index in [4.69, 9.17) is 4.52 Å². The number of nitrogens with one attached hydrogen (secondary N) is 3. The first-order valence-corrected chi connectivity index (χ1v) is 9.55. The molecular formula is C21H21N7O2. The molecule has 0 saturated carbocycles. The second kappa shape index (κ2) is 8.99. The Labute approximate surface area is 172 Å². The van der Waals surface area contributed by atoms with E-state index in [1.807, 2.05) is 55.5 Å². The lowest BCUT2D eigenvalue weighted by Gasteiger charge is -2.08. The molecule has 3 N–H and O–H groups in total. The molecule has 4 rings (SSSR count). The van der Waals surface area contributed by atoms with Gasteiger partial charge in [0.2, 0.25) is 5.91 Å². The number of aromatic nitrogens is 4. The molecule has 0 atom stereocenters. The lowest BCUT2D eigenvalue weighted by Crippen LogP contribution is -2.30. The van der Waals surface area contributed by atoms with Gasteiger partial charge in [0.05, 0.1) is 6.42 Å². The van der Waals surface area contributed by atoms with Gasteiger partial charge in [-0.05, 0) is 42.8 Å². The third-order valence-electron chi connectivity index (χ3n) is 4.37. The molecule has 9 nitrogen and oxygen atoms in total. The highest BCUT2D eigenvalue weighted by atomic mass is 16.5. The van der Waals surface area contributed by atoms with Crippen LogP contribution in [0.15, 0.2) is 59.3 Å². The summed E-state index contributed by atoms with van der Waals surface area (Å²) in [5, 5.41) is 22.1. The molecular weight excluding hydrogens is 382 g/mol. The molecule has 1 aromatic carbocycles. The summed E-state index contributed by atoms with van der Waals surface area (Å²) in [4.78, 5) is 16.4. The van der Waals surface area contributed by atoms with Crippen molar-refractivity contribution in [2.45, 2.75) is 13.3 Å². The fourth-order valence-corrected chi connectivity index (χ4v) is 2.84. The second-order valence-corrected chi connectivity index (χ2v) is 6.73. The number of hydrogen-bond acceptors (Lipinski definition) is 8. The van der Waals surface area contributed by atoms with E-state index < -0.39 is 0 Å². The van der Waals surface area contributed by atoms with Crippen molar-refractivity contribution in [2.75, 3.05) is 23.7 Å². The number of anilines is 3. The summed E-state index contributed by atoms with van der Waals surface area (Å²) < 4.78 is 5.22. The van der Waals surface area contributed by atoms with Crippen LogP contribution in [0.4, 0.5) is 17.5 Å². The van der Waals surface area contributed by atoms with Gasteiger partial charge < -0.3 is 20.5 Å². The molecule has 3 aromatic heterocycles. The maximum absolute atomic E-state index is 12.1. The maximum atomic E-state index is 12.1. The standard InChI is InChI=1S/C21H21N7O2/c1-14-6-7-18(24-13-14)25-20-9-8-19(26-27-20)22-10-11-23-21(29)12-16-15-4-2-3-5-17(15)30-28-16/h2-9,13H,10-12H2,1H3,(H,22,26)(H,23,29)(H,24,25,27). The predicted octanol–water partition coefficient (Wildman–Crippen LogP) is 2.84. The molecule has 0 bridgehead atoms. The minimum Gasteiger partial charge on any atom is -0.367 e. The van der Waals surface area contributed by atoms with Crippen molar-refractivity contribution >= 4 is 34.3 Å². The van der Waals surface area contributed by atoms with Gasteiger partial charge in [-0.2, -0.15) is 0 Å². The highest BCUT2D eigenvalue weighted by molar-refractivity contribution is 5.86. The van der Waals surface area contributed by atoms with E-state index in [9.17, 15) is 4.79 Å². The Morgan fingerprint density at radius 1 is 0.967 bits per heavy atom. The van der Waals surface area contributed by atoms with E-state index in [0.717, 1.165) is 10.9 Å². The van der Waals surface area contributed by atoms with Crippen molar-refractivity contribution in [3.8, 4) is 0 Å². The highest BCUT2D eigenvalue weighted by Crippen LogP contribution is 2.18. The van der Waals surface area contributed by atoms with Crippen LogP contribution in [-0.4, -0.2) is 39.3 Å². The molecule has 30 heavy (non-hydrogen) atoms. The number of hydrogen-bond donors (Lipinski definition) is 3. The molecule has 0 aliphatic heterocycles. The van der Waals surface area contributed by atoms with E-state index in [0.29, 0.717) is 41.8 Å². The van der Waals surface area contributed by atoms with Gasteiger partial charge in [0, 0.05) is 24.7 Å². The SMILES string of the molecule is Cc1ccc(Nc2ccc(NCCNC(=O)Cc3noc4ccccc34)nn2)nc1. The molecule has 0 unspecified atom stereocenters. The number of aryl methyl sites for hydroxylation is 1. The smallest absolute Gasteiger partial charge is 0.226 e. The summed E-state index contributed by atoms with van der Waals surface area (Å²) in [5.74, 6) is 1.81. The predicted molar refractivity (Wildman–Crippen MR) is 114 cm³/mol. The molecule has 0 fully saturated rings.